The summed E-state index contributed by atoms with van der Waals surface area (Å²) in [6, 6.07) is 110. The van der Waals surface area contributed by atoms with Crippen LogP contribution in [0.5, 0.6) is 17.2 Å². The number of ether oxygens (including phenoxy) is 3. The number of pyridine rings is 3. The topological polar surface area (TPSA) is 76.6 Å². The van der Waals surface area contributed by atoms with Crippen LogP contribution in [0.15, 0.2) is 359 Å². The van der Waals surface area contributed by atoms with Gasteiger partial charge in [-0.15, -0.1) is 0 Å². The third kappa shape index (κ3) is 48.5. The Hall–Kier alpha value is -13.1. The molecule has 0 aliphatic heterocycles. The first kappa shape index (κ1) is 122. The molecule has 0 aliphatic rings. The predicted molar refractivity (Wildman–Crippen MR) is 583 cm³/mol. The molecule has 0 spiro atoms. The van der Waals surface area contributed by atoms with Crippen molar-refractivity contribution in [2.45, 2.75) is 201 Å². The third-order valence-electron chi connectivity index (χ3n) is 20.8. The minimum Gasteiger partial charge on any atom is -0.497 e. The molecule has 0 unspecified atom stereocenters. The fourth-order valence-electron chi connectivity index (χ4n) is 13.0. The molecule has 8 heteroatoms. The zero-order chi connectivity index (χ0) is 94.5. The molecule has 3 aromatic heterocycles. The van der Waals surface area contributed by atoms with Crippen LogP contribution in [-0.2, 0) is 34.2 Å². The first-order chi connectivity index (χ1) is 61.2. The molecule has 8 nitrogen and oxygen atoms in total. The van der Waals surface area contributed by atoms with Crippen molar-refractivity contribution >= 4 is 43.8 Å². The highest BCUT2D eigenvalue weighted by molar-refractivity contribution is 5.94. The summed E-state index contributed by atoms with van der Waals surface area (Å²) in [7, 11) is 11.1. The standard InChI is InChI=1S/C11H10.C11H16.C11H14.2C10H10N.C10H12O.C9H12O2.2C9H12.2C8H10O.C8H10.C6H8N.5CH4/c1-9-5-4-7-10-6-2-3-8-11(9)10;1-8(2)11-6-5-9(3)7-10(11)4;1-4-10(3)11-7-5-9(2)6-8-11;1-11-8-4-6-9-5-2-3-7-10(9)11;1-11-7-6-9-4-2-3-5-10(9)8-11;1-7-4-5-10(9(3)11)6-8(7)2;1-7-5-8(6-10)3-4-9(7)11-2;1-7-4-8(2)6-9(3)5-7;1-3-9-6-4-8(2)5-7-9;1-7-3-5-8(9-2)6-4-7;1-7-5-3-4-6-8(7)9-2;1-7-3-5-8(2)6-4-7;1-7-5-3-2-4-6-7;;;;;/h2-8H,1H3;5-8H,1-4H3;5-8H,3-4H2,1-2H3;2*2-8H,1H3;4-6H,1-3H3;3-5,10H,6H2,1-2H3;4-6H,1-3H3;4-7H,3H2,1-2H3;2*3-6H,1-2H3;3-6H,1-2H3;2-6H,1H3;5*1H4/q;;;2*+1;;;;;;;;+1;;;;;. The van der Waals surface area contributed by atoms with E-state index in [9.17, 15) is 4.79 Å². The van der Waals surface area contributed by atoms with Gasteiger partial charge in [-0.25, -0.2) is 13.7 Å². The molecule has 0 atom stereocenters. The Balaban J connectivity index is 0. The van der Waals surface area contributed by atoms with Crippen LogP contribution in [-0.4, -0.2) is 32.2 Å². The maximum absolute atomic E-state index is 10.9. The van der Waals surface area contributed by atoms with Gasteiger partial charge in [-0.05, 0) is 255 Å². The van der Waals surface area contributed by atoms with Crippen molar-refractivity contribution in [2.75, 3.05) is 21.3 Å². The molecule has 1 N–H and O–H groups in total. The predicted octanol–water partition coefficient (Wildman–Crippen LogP) is 32.5. The van der Waals surface area contributed by atoms with E-state index in [1.807, 2.05) is 162 Å². The average Bonchev–Trinajstić information content (AvgIpc) is 0.842. The lowest BCUT2D eigenvalue weighted by Gasteiger charge is -2.09. The normalized spacial score (nSPS) is 9.38. The van der Waals surface area contributed by atoms with Gasteiger partial charge in [-0.1, -0.05) is 364 Å². The van der Waals surface area contributed by atoms with E-state index in [2.05, 4.69) is 364 Å². The van der Waals surface area contributed by atoms with Crippen LogP contribution in [0.4, 0.5) is 0 Å². The van der Waals surface area contributed by atoms with Crippen LogP contribution >= 0.6 is 0 Å². The number of ketones is 1. The molecule has 0 bridgehead atoms. The SMILES string of the molecule is C.C.C.C.C.C=C(CC)c1ccc(C)cc1.CC(=O)c1ccc(C)c(C)c1.CCc1ccc(C)cc1.COc1ccc(C)cc1.COc1ccc(CO)cc1C.COc1ccccc1C.C[n+]1ccc2ccccc2c1.C[n+]1cccc2ccccc21.C[n+]1ccccc1.Cc1cc(C)cc(C)c1.Cc1ccc(C(C)C)c(C)c1.Cc1ccc(C)cc1.Cc1cccc2ccccc12. The van der Waals surface area contributed by atoms with Gasteiger partial charge in [0.1, 0.15) is 38.4 Å². The Labute approximate surface area is 807 Å². The summed E-state index contributed by atoms with van der Waals surface area (Å²) in [6.45, 7) is 45.7. The van der Waals surface area contributed by atoms with E-state index >= 15 is 0 Å². The number of methoxy groups -OCH3 is 3. The molecule has 0 amide bonds. The van der Waals surface area contributed by atoms with Crippen molar-refractivity contribution in [1.82, 2.24) is 0 Å². The number of fused-ring (bicyclic) bond motifs is 3. The van der Waals surface area contributed by atoms with Crippen LogP contribution in [0, 0.1) is 104 Å². The lowest BCUT2D eigenvalue weighted by molar-refractivity contribution is -0.671. The molecule has 16 aromatic rings. The van der Waals surface area contributed by atoms with Crippen molar-refractivity contribution in [3.05, 3.63) is 470 Å². The number of carbonyl (C=O) groups is 1. The second kappa shape index (κ2) is 68.0. The van der Waals surface area contributed by atoms with E-state index in [1.165, 1.54) is 133 Å². The summed E-state index contributed by atoms with van der Waals surface area (Å²) < 4.78 is 21.3. The number of Topliss-reactive ketones (excluding diaryl/α,β-unsaturated/α-hetero) is 1. The van der Waals surface area contributed by atoms with Gasteiger partial charge in [0.25, 0.3) is 0 Å². The van der Waals surface area contributed by atoms with Crippen molar-refractivity contribution in [1.29, 1.82) is 0 Å². The van der Waals surface area contributed by atoms with Crippen LogP contribution in [0.25, 0.3) is 38.0 Å². The molecule has 3 heterocycles. The van der Waals surface area contributed by atoms with Gasteiger partial charge in [0.05, 0.1) is 27.9 Å². The quantitative estimate of drug-likeness (QED) is 0.115. The minimum atomic E-state index is 0. The van der Waals surface area contributed by atoms with Crippen molar-refractivity contribution in [2.24, 2.45) is 21.1 Å². The molecule has 16 rings (SSSR count). The van der Waals surface area contributed by atoms with E-state index in [-0.39, 0.29) is 49.5 Å². The summed E-state index contributed by atoms with van der Waals surface area (Å²) in [6.07, 6.45) is 12.4. The van der Waals surface area contributed by atoms with Gasteiger partial charge in [-0.2, -0.15) is 0 Å². The Morgan fingerprint density at radius 2 is 0.782 bits per heavy atom. The van der Waals surface area contributed by atoms with Crippen LogP contribution < -0.4 is 27.9 Å². The van der Waals surface area contributed by atoms with Gasteiger partial charge >= 0.3 is 0 Å². The lowest BCUT2D eigenvalue weighted by atomic mass is 9.97. The number of aryl methyl sites for hydroxylation is 19. The summed E-state index contributed by atoms with van der Waals surface area (Å²) in [5, 5.41) is 15.3. The van der Waals surface area contributed by atoms with Crippen molar-refractivity contribution < 1.29 is 37.8 Å². The number of aliphatic hydroxyl groups excluding tert-OH is 1. The average molecular weight is 1790 g/mol. The fraction of sp³-hybridized carbons (Fsp3) is 0.280. The molecule has 708 valence electrons. The molecule has 0 radical (unpaired) electrons. The monoisotopic (exact) mass is 1790 g/mol. The first-order valence-corrected chi connectivity index (χ1v) is 44.2. The summed E-state index contributed by atoms with van der Waals surface area (Å²) >= 11 is 0. The van der Waals surface area contributed by atoms with Gasteiger partial charge in [-0.3, -0.25) is 4.79 Å². The van der Waals surface area contributed by atoms with Gasteiger partial charge in [0.15, 0.2) is 36.8 Å². The summed E-state index contributed by atoms with van der Waals surface area (Å²) in [5.41, 5.74) is 27.7. The summed E-state index contributed by atoms with van der Waals surface area (Å²) in [5.74, 6) is 3.52. The summed E-state index contributed by atoms with van der Waals surface area (Å²) in [4.78, 5) is 10.9. The van der Waals surface area contributed by atoms with E-state index in [4.69, 9.17) is 19.3 Å². The maximum Gasteiger partial charge on any atom is 0.212 e. The highest BCUT2D eigenvalue weighted by Gasteiger charge is 2.05. The number of nitrogens with zero attached hydrogens (tertiary/aromatic N) is 3. The molecule has 0 saturated carbocycles. The molecular weight excluding hydrogens is 1620 g/mol. The molecule has 0 saturated heterocycles. The zero-order valence-corrected chi connectivity index (χ0v) is 81.8. The van der Waals surface area contributed by atoms with Gasteiger partial charge < -0.3 is 19.3 Å². The molecular formula is C125H166N3O5+3. The maximum atomic E-state index is 10.9. The van der Waals surface area contributed by atoms with Gasteiger partial charge in [0.2, 0.25) is 5.52 Å². The highest BCUT2D eigenvalue weighted by Crippen LogP contribution is 2.23. The fourth-order valence-corrected chi connectivity index (χ4v) is 13.0. The van der Waals surface area contributed by atoms with Crippen LogP contribution in [0.2, 0.25) is 0 Å². The molecule has 133 heavy (non-hydrogen) atoms. The smallest absolute Gasteiger partial charge is 0.212 e. The number of hydrogen-bond acceptors (Lipinski definition) is 5. The largest absolute Gasteiger partial charge is 0.497 e. The van der Waals surface area contributed by atoms with Crippen molar-refractivity contribution in [3.63, 3.8) is 0 Å². The zero-order valence-electron chi connectivity index (χ0n) is 81.8. The lowest BCUT2D eigenvalue weighted by Crippen LogP contribution is -2.27. The Morgan fingerprint density at radius 3 is 1.23 bits per heavy atom. The number of para-hydroxylation sites is 2. The number of aliphatic hydroxyl groups is 1. The van der Waals surface area contributed by atoms with Gasteiger partial charge in [0, 0.05) is 46.7 Å². The molecule has 0 aliphatic carbocycles. The second-order valence-electron chi connectivity index (χ2n) is 32.6. The number of hydrogen-bond donors (Lipinski definition) is 1. The minimum absolute atomic E-state index is 0. The number of carbonyl (C=O) groups excluding carboxylic acids is 1. The number of benzene rings is 13. The third-order valence-corrected chi connectivity index (χ3v) is 20.8. The highest BCUT2D eigenvalue weighted by atomic mass is 16.5. The van der Waals surface area contributed by atoms with E-state index in [0.29, 0.717) is 5.92 Å². The number of rotatable bonds is 9. The van der Waals surface area contributed by atoms with E-state index in [0.717, 1.165) is 46.8 Å². The van der Waals surface area contributed by atoms with Crippen LogP contribution in [0.1, 0.15) is 200 Å². The van der Waals surface area contributed by atoms with Crippen molar-refractivity contribution in [3.8, 4) is 17.2 Å². The Kier molecular flexibility index (Phi) is 62.3. The second-order valence-corrected chi connectivity index (χ2v) is 32.6. The first-order valence-electron chi connectivity index (χ1n) is 44.2. The Morgan fingerprint density at radius 1 is 0.338 bits per heavy atom. The van der Waals surface area contributed by atoms with E-state index < -0.39 is 0 Å². The van der Waals surface area contributed by atoms with Crippen LogP contribution in [0.3, 0.4) is 0 Å². The number of aromatic nitrogens is 3. The Bertz CT molecular complexity index is 5660. The van der Waals surface area contributed by atoms with E-state index in [1.54, 1.807) is 28.3 Å². The number of allylic oxidation sites excluding steroid dienone is 1. The molecule has 0 fully saturated rings. The molecule has 13 aromatic carbocycles.